The predicted molar refractivity (Wildman–Crippen MR) is 466 cm³/mol. The van der Waals surface area contributed by atoms with Crippen LogP contribution in [0.15, 0.2) is 97.1 Å². The lowest BCUT2D eigenvalue weighted by Crippen LogP contribution is -2.65. The van der Waals surface area contributed by atoms with Crippen molar-refractivity contribution in [2.75, 3.05) is 107 Å². The van der Waals surface area contributed by atoms with Crippen molar-refractivity contribution in [2.24, 2.45) is 21.7 Å². The van der Waals surface area contributed by atoms with Gasteiger partial charge in [0.1, 0.15) is 24.2 Å². The highest BCUT2D eigenvalue weighted by molar-refractivity contribution is 5.93. The Kier molecular flexibility index (Phi) is 27.4. The van der Waals surface area contributed by atoms with E-state index in [2.05, 4.69) is 63.2 Å². The number of hydrogen-bond acceptors (Lipinski definition) is 17. The summed E-state index contributed by atoms with van der Waals surface area (Å²) in [7, 11) is 7.99. The first-order valence-corrected chi connectivity index (χ1v) is 43.4. The van der Waals surface area contributed by atoms with Crippen molar-refractivity contribution in [3.05, 3.63) is 165 Å². The largest absolute Gasteiger partial charge is 0.389 e. The number of hydrogen-bond donors (Lipinski definition) is 5. The van der Waals surface area contributed by atoms with E-state index in [1.54, 1.807) is 25.7 Å². The number of β-amino-alcohol motifs (C(OH)–C–C–N with tert-alkyl or cyclic N) is 1. The first-order valence-electron chi connectivity index (χ1n) is 43.4. The highest BCUT2D eigenvalue weighted by Gasteiger charge is 2.51. The Balaban J connectivity index is 0.000000145. The third kappa shape index (κ3) is 20.9. The van der Waals surface area contributed by atoms with Crippen molar-refractivity contribution >= 4 is 47.8 Å². The fraction of sp³-hybridized carbons (Fsp3) is 0.522. The van der Waals surface area contributed by atoms with E-state index in [0.29, 0.717) is 86.7 Å². The van der Waals surface area contributed by atoms with Gasteiger partial charge in [0.05, 0.1) is 64.7 Å². The predicted octanol–water partition coefficient (Wildman–Crippen LogP) is 10.7. The Labute approximate surface area is 736 Å². The van der Waals surface area contributed by atoms with Gasteiger partial charge in [-0.3, -0.25) is 19.2 Å². The number of amides is 8. The molecular weight excluding hydrogens is 1640 g/mol. The number of likely N-dealkylation sites (N-methyl/N-ethyl adjacent to an activating group) is 4. The Bertz CT molecular complexity index is 5430. The van der Waals surface area contributed by atoms with Crippen molar-refractivity contribution < 1.29 is 69.8 Å². The number of nitrogens with one attached hydrogen (secondary N) is 4. The van der Waals surface area contributed by atoms with E-state index >= 15 is 0 Å². The van der Waals surface area contributed by atoms with Gasteiger partial charge in [-0.15, -0.1) is 0 Å². The molecule has 12 heterocycles. The number of carbonyl (C=O) groups excluding carboxylic acids is 8. The smallest absolute Gasteiger partial charge is 0.343 e. The zero-order chi connectivity index (χ0) is 92.0. The van der Waals surface area contributed by atoms with E-state index in [0.717, 1.165) is 150 Å². The number of aromatic nitrogens is 8. The number of rotatable bonds is 12. The van der Waals surface area contributed by atoms with Gasteiger partial charge in [-0.05, 0) is 99.1 Å². The van der Waals surface area contributed by atoms with Gasteiger partial charge in [0.25, 0.3) is 5.92 Å². The van der Waals surface area contributed by atoms with Crippen LogP contribution in [0.2, 0.25) is 0 Å². The summed E-state index contributed by atoms with van der Waals surface area (Å²) in [6.45, 7) is 30.4. The summed E-state index contributed by atoms with van der Waals surface area (Å²) < 4.78 is 86.8. The number of benzene rings is 4. The Hall–Kier alpha value is -11.1. The standard InChI is InChI=1S/C23H29F2N5O3.2C23H29F2N5O2.C23H31N5O2/c1-23(2,3)20(21(32)29-10-14(31)11-29)26-22(33)30-18-7-8-28(4)12-15(18)19(27-30)13-5-6-16(24)17(25)9-13;1-23(2,3)20(21(31)29-9-5-10-29)26-22(32)30-18-8-11-28(4)13-15(18)19(27-30)14-6-7-16(24)17(25)12-14;1-22(2,3)19(20(31)29-13-23(24,25)14-29)26-21(32)30-17-10-11-28(4)12-16(17)18(27-30)15-8-6-5-7-9-15;1-23(2,3)20(21(29)27-12-8-13-27)24-22(30)28-18-11-14-26(4)15-17(18)19(25-28)16-9-6-5-7-10-16/h5-6,9,14,20,31H,7-8,10-12H2,1-4H3,(H,26,33);6-7,12,20H,5,8-11,13H2,1-4H3,(H,26,32);5-9,19H,10-14H2,1-4H3,(H,26,32);5-7,9-10,20H,8,11-15H2,1-4H3,(H,24,30)/t2*20-;19-;20-/m1111/s1. The van der Waals surface area contributed by atoms with E-state index in [-0.39, 0.29) is 36.8 Å². The van der Waals surface area contributed by atoms with Gasteiger partial charge in [0.2, 0.25) is 23.6 Å². The fourth-order valence-corrected chi connectivity index (χ4v) is 16.7. The third-order valence-electron chi connectivity index (χ3n) is 24.4. The second kappa shape index (κ2) is 37.3. The monoisotopic (exact) mass is 1760 g/mol. The zero-order valence-electron chi connectivity index (χ0n) is 75.3. The average Bonchev–Trinajstić information content (AvgIpc) is 1.67. The molecule has 0 saturated carbocycles. The number of nitrogens with zero attached hydrogens (tertiary/aromatic N) is 16. The maximum Gasteiger partial charge on any atom is 0.343 e. The molecule has 8 aliphatic heterocycles. The molecule has 16 rings (SSSR count). The maximum absolute atomic E-state index is 13.9. The molecule has 4 atom stereocenters. The van der Waals surface area contributed by atoms with E-state index < -0.39 is 118 Å². The topological polar surface area (TPSA) is 302 Å². The van der Waals surface area contributed by atoms with Crippen molar-refractivity contribution in [3.63, 3.8) is 0 Å². The van der Waals surface area contributed by atoms with Crippen molar-refractivity contribution in [1.82, 2.24) is 99.6 Å². The molecule has 8 aliphatic rings. The van der Waals surface area contributed by atoms with E-state index in [1.165, 1.54) is 35.8 Å². The van der Waals surface area contributed by atoms with Gasteiger partial charge in [-0.1, -0.05) is 144 Å². The minimum absolute atomic E-state index is 0.00820. The molecule has 5 N–H and O–H groups in total. The maximum atomic E-state index is 13.9. The summed E-state index contributed by atoms with van der Waals surface area (Å²) in [6.07, 6.45) is 3.97. The number of alkyl halides is 2. The van der Waals surface area contributed by atoms with Crippen LogP contribution in [-0.2, 0) is 71.0 Å². The molecule has 0 spiro atoms. The number of likely N-dealkylation sites (tertiary alicyclic amines) is 4. The Morgan fingerprint density at radius 1 is 0.362 bits per heavy atom. The Morgan fingerprint density at radius 2 is 0.622 bits per heavy atom. The van der Waals surface area contributed by atoms with Crippen molar-refractivity contribution in [3.8, 4) is 45.0 Å². The van der Waals surface area contributed by atoms with E-state index in [1.807, 2.05) is 149 Å². The second-order valence-electron chi connectivity index (χ2n) is 39.0. The molecule has 4 aromatic heterocycles. The number of aliphatic hydroxyl groups is 1. The fourth-order valence-electron chi connectivity index (χ4n) is 16.7. The normalized spacial score (nSPS) is 18.1. The molecule has 8 amide bonds. The molecule has 4 fully saturated rings. The second-order valence-corrected chi connectivity index (χ2v) is 39.0. The summed E-state index contributed by atoms with van der Waals surface area (Å²) in [5.41, 5.74) is 9.84. The molecule has 0 unspecified atom stereocenters. The van der Waals surface area contributed by atoms with Crippen LogP contribution >= 0.6 is 0 Å². The highest BCUT2D eigenvalue weighted by Crippen LogP contribution is 2.38. The summed E-state index contributed by atoms with van der Waals surface area (Å²) in [5, 5.41) is 39.4. The SMILES string of the molecule is CN1CCc2c(c(-c3ccc(F)c(F)c3)nn2C(=O)N[C@H](C(=O)N2CC(O)C2)C(C)(C)C)C1.CN1CCc2c(c(-c3ccc(F)c(F)c3)nn2C(=O)N[C@H](C(=O)N2CCC2)C(C)(C)C)C1.CN1CCc2c(c(-c3ccccc3)nn2C(=O)N[C@H](C(=O)N2CC(F)(F)C2)C(C)(C)C)C1.CN1CCc2c(c(-c3ccccc3)nn2C(=O)N[C@H](C(=O)N2CCC2)C(C)(C)C)C1. The minimum Gasteiger partial charge on any atom is -0.389 e. The third-order valence-corrected chi connectivity index (χ3v) is 24.4. The summed E-state index contributed by atoms with van der Waals surface area (Å²) in [4.78, 5) is 120. The Morgan fingerprint density at radius 3 is 0.858 bits per heavy atom. The summed E-state index contributed by atoms with van der Waals surface area (Å²) >= 11 is 0. The minimum atomic E-state index is -2.86. The van der Waals surface area contributed by atoms with Crippen molar-refractivity contribution in [1.29, 1.82) is 0 Å². The van der Waals surface area contributed by atoms with Crippen LogP contribution in [0.5, 0.6) is 0 Å². The number of carbonyl (C=O) groups is 8. The molecule has 35 heteroatoms. The van der Waals surface area contributed by atoms with E-state index in [9.17, 15) is 69.8 Å². The van der Waals surface area contributed by atoms with Crippen LogP contribution < -0.4 is 21.3 Å². The molecule has 0 aliphatic carbocycles. The molecule has 0 bridgehead atoms. The van der Waals surface area contributed by atoms with Crippen LogP contribution in [-0.4, -0.2) is 274 Å². The highest BCUT2D eigenvalue weighted by atomic mass is 19.3. The lowest BCUT2D eigenvalue weighted by molar-refractivity contribution is -0.169. The molecule has 682 valence electrons. The number of fused-ring (bicyclic) bond motifs is 4. The van der Waals surface area contributed by atoms with Gasteiger partial charge in [-0.25, -0.2) is 45.5 Å². The van der Waals surface area contributed by atoms with E-state index in [4.69, 9.17) is 5.10 Å². The first kappa shape index (κ1) is 93.5. The van der Waals surface area contributed by atoms with Crippen LogP contribution in [0, 0.1) is 44.9 Å². The average molecular weight is 1760 g/mol. The van der Waals surface area contributed by atoms with Gasteiger partial charge in [0, 0.05) is 162 Å². The lowest BCUT2D eigenvalue weighted by atomic mass is 9.85. The van der Waals surface area contributed by atoms with Crippen LogP contribution in [0.25, 0.3) is 45.0 Å². The molecular formula is C92H118F6N20O9. The quantitative estimate of drug-likeness (QED) is 0.0710. The van der Waals surface area contributed by atoms with Gasteiger partial charge in [0.15, 0.2) is 23.3 Å². The number of halogens is 6. The molecule has 127 heavy (non-hydrogen) atoms. The molecule has 0 radical (unpaired) electrons. The molecule has 8 aromatic rings. The molecule has 4 aromatic carbocycles. The van der Waals surface area contributed by atoms with Crippen LogP contribution in [0.1, 0.15) is 141 Å². The zero-order valence-corrected chi connectivity index (χ0v) is 75.3. The lowest BCUT2D eigenvalue weighted by Gasteiger charge is -2.43. The summed E-state index contributed by atoms with van der Waals surface area (Å²) in [5.74, 6) is -7.57. The van der Waals surface area contributed by atoms with Crippen LogP contribution in [0.4, 0.5) is 45.5 Å². The van der Waals surface area contributed by atoms with Crippen LogP contribution in [0.3, 0.4) is 0 Å². The van der Waals surface area contributed by atoms with Gasteiger partial charge < -0.3 is 65.6 Å². The van der Waals surface area contributed by atoms with Gasteiger partial charge in [-0.2, -0.15) is 39.1 Å². The van der Waals surface area contributed by atoms with Crippen molar-refractivity contribution in [2.45, 2.75) is 184 Å². The molecule has 4 saturated heterocycles. The number of aliphatic hydroxyl groups excluding tert-OH is 1. The van der Waals surface area contributed by atoms with Gasteiger partial charge >= 0.3 is 24.1 Å². The first-order chi connectivity index (χ1) is 59.7. The summed E-state index contributed by atoms with van der Waals surface area (Å²) in [6, 6.07) is 21.9. The molecule has 29 nitrogen and oxygen atoms in total.